The number of hydrogen-bond acceptors (Lipinski definition) is 7. The van der Waals surface area contributed by atoms with Crippen molar-refractivity contribution in [3.8, 4) is 0 Å². The molecule has 2 aliphatic heterocycles. The van der Waals surface area contributed by atoms with Crippen LogP contribution >= 0.6 is 0 Å². The van der Waals surface area contributed by atoms with E-state index in [9.17, 15) is 28.8 Å². The Labute approximate surface area is 240 Å². The van der Waals surface area contributed by atoms with Crippen molar-refractivity contribution in [1.29, 1.82) is 0 Å². The number of likely N-dealkylation sites (tertiary alicyclic amines) is 2. The zero-order valence-electron chi connectivity index (χ0n) is 24.1. The van der Waals surface area contributed by atoms with Gasteiger partial charge in [0, 0.05) is 13.0 Å². The van der Waals surface area contributed by atoms with Crippen LogP contribution in [0.3, 0.4) is 0 Å². The molecule has 1 aromatic rings. The average molecular weight is 572 g/mol. The number of ether oxygens (including phenoxy) is 1. The zero-order chi connectivity index (χ0) is 30.3. The van der Waals surface area contributed by atoms with Crippen LogP contribution in [0.1, 0.15) is 65.4 Å². The molecule has 5 atom stereocenters. The Morgan fingerprint density at radius 3 is 2.29 bits per heavy atom. The summed E-state index contributed by atoms with van der Waals surface area (Å²) in [6, 6.07) is 5.11. The topological polar surface area (TPSA) is 168 Å². The number of amides is 6. The molecule has 0 radical (unpaired) electrons. The molecule has 41 heavy (non-hydrogen) atoms. The molecule has 12 nitrogen and oxygen atoms in total. The van der Waals surface area contributed by atoms with E-state index in [0.717, 1.165) is 10.5 Å². The number of imide groups is 1. The molecule has 0 aromatic heterocycles. The van der Waals surface area contributed by atoms with Crippen LogP contribution in [0.2, 0.25) is 0 Å². The summed E-state index contributed by atoms with van der Waals surface area (Å²) in [5.41, 5.74) is 6.22. The van der Waals surface area contributed by atoms with Crippen LogP contribution in [0.15, 0.2) is 30.3 Å². The lowest BCUT2D eigenvalue weighted by molar-refractivity contribution is -0.142. The lowest BCUT2D eigenvalue weighted by Gasteiger charge is -2.32. The highest BCUT2D eigenvalue weighted by Crippen LogP contribution is 2.23. The van der Waals surface area contributed by atoms with Gasteiger partial charge in [0.05, 0.1) is 0 Å². The fraction of sp³-hybridized carbons (Fsp3) is 0.586. The molecule has 6 amide bonds. The van der Waals surface area contributed by atoms with Gasteiger partial charge in [-0.05, 0) is 36.7 Å². The Bertz CT molecular complexity index is 1140. The first-order valence-corrected chi connectivity index (χ1v) is 14.2. The highest BCUT2D eigenvalue weighted by Gasteiger charge is 2.43. The monoisotopic (exact) mass is 571 g/mol. The molecule has 2 fully saturated rings. The quantitative estimate of drug-likeness (QED) is 0.361. The summed E-state index contributed by atoms with van der Waals surface area (Å²) in [4.78, 5) is 79.7. The van der Waals surface area contributed by atoms with Crippen LogP contribution in [-0.4, -0.2) is 76.1 Å². The Kier molecular flexibility index (Phi) is 10.8. The highest BCUT2D eigenvalue weighted by molar-refractivity contribution is 6.02. The Morgan fingerprint density at radius 1 is 1.00 bits per heavy atom. The van der Waals surface area contributed by atoms with Gasteiger partial charge in [-0.15, -0.1) is 0 Å². The van der Waals surface area contributed by atoms with Gasteiger partial charge < -0.3 is 26.0 Å². The van der Waals surface area contributed by atoms with Gasteiger partial charge in [0.2, 0.25) is 29.5 Å². The van der Waals surface area contributed by atoms with Crippen molar-refractivity contribution in [3.05, 3.63) is 35.9 Å². The minimum absolute atomic E-state index is 0.0144. The molecule has 0 spiro atoms. The lowest BCUT2D eigenvalue weighted by Crippen LogP contribution is -2.60. The minimum Gasteiger partial charge on any atom is -0.444 e. The number of carbonyl (C=O) groups excluding carboxylic acids is 6. The average Bonchev–Trinajstić information content (AvgIpc) is 3.60. The van der Waals surface area contributed by atoms with Gasteiger partial charge in [-0.3, -0.25) is 24.0 Å². The van der Waals surface area contributed by atoms with Crippen molar-refractivity contribution in [2.75, 3.05) is 6.54 Å². The van der Waals surface area contributed by atoms with Gasteiger partial charge in [-0.2, -0.15) is 0 Å². The maximum absolute atomic E-state index is 13.5. The van der Waals surface area contributed by atoms with E-state index in [0.29, 0.717) is 25.8 Å². The van der Waals surface area contributed by atoms with E-state index < -0.39 is 59.8 Å². The fourth-order valence-corrected chi connectivity index (χ4v) is 5.16. The van der Waals surface area contributed by atoms with Crippen LogP contribution in [0, 0.1) is 11.8 Å². The van der Waals surface area contributed by atoms with Crippen molar-refractivity contribution in [3.63, 3.8) is 0 Å². The van der Waals surface area contributed by atoms with E-state index in [1.807, 2.05) is 13.0 Å². The van der Waals surface area contributed by atoms with E-state index in [4.69, 9.17) is 10.5 Å². The molecule has 2 heterocycles. The normalized spacial score (nSPS) is 20.9. The molecular weight excluding hydrogens is 530 g/mol. The summed E-state index contributed by atoms with van der Waals surface area (Å²) in [6.45, 7) is 7.50. The molecule has 0 unspecified atom stereocenters. The lowest BCUT2D eigenvalue weighted by atomic mass is 9.95. The van der Waals surface area contributed by atoms with E-state index in [-0.39, 0.29) is 31.3 Å². The number of primary amides is 1. The fourth-order valence-electron chi connectivity index (χ4n) is 5.16. The summed E-state index contributed by atoms with van der Waals surface area (Å²) in [5, 5.41) is 5.49. The molecule has 12 heteroatoms. The van der Waals surface area contributed by atoms with Crippen molar-refractivity contribution >= 4 is 35.6 Å². The molecular formula is C29H41N5O7. The van der Waals surface area contributed by atoms with Crippen molar-refractivity contribution in [2.24, 2.45) is 17.6 Å². The second-order valence-electron chi connectivity index (χ2n) is 11.1. The van der Waals surface area contributed by atoms with Gasteiger partial charge in [-0.25, -0.2) is 9.69 Å². The molecule has 1 aromatic carbocycles. The number of carbonyl (C=O) groups is 6. The van der Waals surface area contributed by atoms with Crippen molar-refractivity contribution in [1.82, 2.24) is 20.4 Å². The summed E-state index contributed by atoms with van der Waals surface area (Å²) >= 11 is 0. The van der Waals surface area contributed by atoms with Crippen LogP contribution in [0.4, 0.5) is 4.79 Å². The van der Waals surface area contributed by atoms with Crippen LogP contribution < -0.4 is 16.4 Å². The van der Waals surface area contributed by atoms with E-state index in [1.165, 1.54) is 4.90 Å². The minimum atomic E-state index is -1.13. The highest BCUT2D eigenvalue weighted by atomic mass is 16.6. The molecule has 0 saturated carbocycles. The molecule has 0 aliphatic carbocycles. The van der Waals surface area contributed by atoms with Gasteiger partial charge in [0.1, 0.15) is 30.8 Å². The van der Waals surface area contributed by atoms with E-state index >= 15 is 0 Å². The number of nitrogens with one attached hydrogen (secondary N) is 2. The third-order valence-electron chi connectivity index (χ3n) is 7.80. The number of nitrogens with two attached hydrogens (primary N) is 1. The zero-order valence-corrected chi connectivity index (χ0v) is 24.1. The maximum Gasteiger partial charge on any atom is 0.417 e. The second kappa shape index (κ2) is 14.1. The van der Waals surface area contributed by atoms with Gasteiger partial charge in [-0.1, -0.05) is 64.4 Å². The third-order valence-corrected chi connectivity index (χ3v) is 7.80. The van der Waals surface area contributed by atoms with Crippen LogP contribution in [0.5, 0.6) is 0 Å². The number of rotatable bonds is 11. The molecule has 0 bridgehead atoms. The van der Waals surface area contributed by atoms with Crippen LogP contribution in [0.25, 0.3) is 0 Å². The van der Waals surface area contributed by atoms with Crippen molar-refractivity contribution < 1.29 is 33.5 Å². The Hall–Kier alpha value is -3.96. The SMILES string of the molecule is CC[C@H](C)[C@H](NC(=O)[C@@H]1CCC(=O)N1C(=O)OCc1ccccc1)C(=O)N[C@@H](C(=O)N1CCC[C@@H]1C(N)=O)C(C)C. The molecule has 3 rings (SSSR count). The number of nitrogens with zero attached hydrogens (tertiary/aromatic N) is 2. The van der Waals surface area contributed by atoms with Crippen LogP contribution in [-0.2, 0) is 35.3 Å². The molecule has 2 saturated heterocycles. The second-order valence-corrected chi connectivity index (χ2v) is 11.1. The smallest absolute Gasteiger partial charge is 0.417 e. The summed E-state index contributed by atoms with van der Waals surface area (Å²) in [6.07, 6.45) is 0.780. The standard InChI is InChI=1S/C29H41N5O7/c1-5-18(4)24(27(38)31-23(17(2)3)28(39)33-15-9-12-20(33)25(30)36)32-26(37)21-13-14-22(35)34(21)29(40)41-16-19-10-7-6-8-11-19/h6-8,10-11,17-18,20-21,23-24H,5,9,12-16H2,1-4H3,(H2,30,36)(H,31,38)(H,32,37)/t18-,20+,21-,23+,24-/m0/s1. The third kappa shape index (κ3) is 7.62. The van der Waals surface area contributed by atoms with E-state index in [2.05, 4.69) is 10.6 Å². The summed E-state index contributed by atoms with van der Waals surface area (Å²) < 4.78 is 5.30. The summed E-state index contributed by atoms with van der Waals surface area (Å²) in [5.74, 6) is -3.40. The number of benzene rings is 1. The van der Waals surface area contributed by atoms with Crippen molar-refractivity contribution in [2.45, 2.75) is 90.6 Å². The first kappa shape index (κ1) is 31.6. The maximum atomic E-state index is 13.5. The van der Waals surface area contributed by atoms with Gasteiger partial charge in [0.25, 0.3) is 0 Å². The van der Waals surface area contributed by atoms with E-state index in [1.54, 1.807) is 45.0 Å². The predicted molar refractivity (Wildman–Crippen MR) is 149 cm³/mol. The predicted octanol–water partition coefficient (Wildman–Crippen LogP) is 1.46. The first-order chi connectivity index (χ1) is 19.5. The Morgan fingerprint density at radius 2 is 1.68 bits per heavy atom. The molecule has 224 valence electrons. The Balaban J connectivity index is 1.71. The molecule has 4 N–H and O–H groups in total. The summed E-state index contributed by atoms with van der Waals surface area (Å²) in [7, 11) is 0. The van der Waals surface area contributed by atoms with Gasteiger partial charge >= 0.3 is 6.09 Å². The number of hydrogen-bond donors (Lipinski definition) is 3. The largest absolute Gasteiger partial charge is 0.444 e. The first-order valence-electron chi connectivity index (χ1n) is 14.2. The molecule has 2 aliphatic rings. The van der Waals surface area contributed by atoms with Gasteiger partial charge in [0.15, 0.2) is 0 Å².